The number of carbonyl (C=O) groups is 1. The van der Waals surface area contributed by atoms with Gasteiger partial charge in [0.25, 0.3) is 5.91 Å². The third-order valence-corrected chi connectivity index (χ3v) is 4.36. The molecule has 1 aliphatic rings. The fourth-order valence-electron chi connectivity index (χ4n) is 2.86. The molecule has 1 aromatic rings. The largest absolute Gasteiger partial charge is 0.398 e. The van der Waals surface area contributed by atoms with Crippen LogP contribution in [-0.2, 0) is 0 Å². The van der Waals surface area contributed by atoms with Crippen LogP contribution in [0, 0.1) is 5.41 Å². The van der Waals surface area contributed by atoms with Crippen LogP contribution < -0.4 is 0 Å². The summed E-state index contributed by atoms with van der Waals surface area (Å²) in [7, 11) is 0. The summed E-state index contributed by atoms with van der Waals surface area (Å²) in [5.74, 6) is -0.295. The highest BCUT2D eigenvalue weighted by atomic mass is 19.4. The van der Waals surface area contributed by atoms with Crippen molar-refractivity contribution >= 4 is 5.91 Å². The second-order valence-electron chi connectivity index (χ2n) is 6.15. The molecule has 0 bridgehead atoms. The molecule has 0 saturated carbocycles. The van der Waals surface area contributed by atoms with Crippen LogP contribution in [-0.4, -0.2) is 41.8 Å². The number of likely N-dealkylation sites (tertiary alicyclic amines) is 1. The molecule has 122 valence electrons. The molecule has 1 aliphatic heterocycles. The Morgan fingerprint density at radius 2 is 2.00 bits per heavy atom. The Morgan fingerprint density at radius 3 is 2.50 bits per heavy atom. The molecule has 1 amide bonds. The third kappa shape index (κ3) is 2.84. The second-order valence-corrected chi connectivity index (χ2v) is 6.15. The molecule has 3 nitrogen and oxygen atoms in total. The van der Waals surface area contributed by atoms with Gasteiger partial charge in [0.2, 0.25) is 0 Å². The summed E-state index contributed by atoms with van der Waals surface area (Å²) in [5, 5.41) is 9.21. The highest BCUT2D eigenvalue weighted by molar-refractivity contribution is 5.96. The summed E-state index contributed by atoms with van der Waals surface area (Å²) in [6.45, 7) is 2.39. The number of aliphatic hydroxyl groups excluding tert-OH is 1. The zero-order chi connectivity index (χ0) is 16.5. The molecular weight excluding hydrogens is 295 g/mol. The molecule has 2 rings (SSSR count). The molecule has 0 aliphatic carbocycles. The Kier molecular flexibility index (Phi) is 4.52. The molecule has 1 N–H and O–H groups in total. The first-order valence-electron chi connectivity index (χ1n) is 7.27. The lowest BCUT2D eigenvalue weighted by Gasteiger charge is -2.29. The Labute approximate surface area is 127 Å². The van der Waals surface area contributed by atoms with Crippen molar-refractivity contribution in [2.24, 2.45) is 5.41 Å². The molecule has 0 aromatic heterocycles. The van der Waals surface area contributed by atoms with Gasteiger partial charge in [0.1, 0.15) is 5.41 Å². The number of amides is 1. The summed E-state index contributed by atoms with van der Waals surface area (Å²) in [4.78, 5) is 13.8. The fraction of sp³-hybridized carbons (Fsp3) is 0.562. The predicted octanol–water partition coefficient (Wildman–Crippen LogP) is 3.20. The van der Waals surface area contributed by atoms with Gasteiger partial charge in [-0.1, -0.05) is 32.0 Å². The minimum atomic E-state index is -4.52. The Balaban J connectivity index is 2.26. The topological polar surface area (TPSA) is 40.5 Å². The first-order valence-corrected chi connectivity index (χ1v) is 7.27. The van der Waals surface area contributed by atoms with Crippen LogP contribution in [0.4, 0.5) is 13.2 Å². The smallest absolute Gasteiger partial charge is 0.395 e. The number of halogens is 3. The van der Waals surface area contributed by atoms with Crippen molar-refractivity contribution < 1.29 is 23.1 Å². The van der Waals surface area contributed by atoms with Gasteiger partial charge in [-0.25, -0.2) is 0 Å². The summed E-state index contributed by atoms with van der Waals surface area (Å²) in [6.07, 6.45) is -4.78. The van der Waals surface area contributed by atoms with Crippen molar-refractivity contribution in [2.75, 3.05) is 19.7 Å². The lowest BCUT2D eigenvalue weighted by molar-refractivity contribution is -0.229. The van der Waals surface area contributed by atoms with E-state index in [1.807, 2.05) is 26.0 Å². The quantitative estimate of drug-likeness (QED) is 0.930. The zero-order valence-electron chi connectivity index (χ0n) is 12.7. The van der Waals surface area contributed by atoms with Gasteiger partial charge in [-0.2, -0.15) is 13.2 Å². The van der Waals surface area contributed by atoms with Crippen LogP contribution in [0.2, 0.25) is 0 Å². The number of hydrogen-bond donors (Lipinski definition) is 1. The minimum Gasteiger partial charge on any atom is -0.395 e. The monoisotopic (exact) mass is 315 g/mol. The third-order valence-electron chi connectivity index (χ3n) is 4.36. The van der Waals surface area contributed by atoms with Crippen LogP contribution in [0.3, 0.4) is 0 Å². The van der Waals surface area contributed by atoms with Crippen LogP contribution in [0.25, 0.3) is 0 Å². The number of hydrogen-bond acceptors (Lipinski definition) is 2. The molecule has 1 saturated heterocycles. The van der Waals surface area contributed by atoms with E-state index in [0.717, 1.165) is 5.56 Å². The zero-order valence-corrected chi connectivity index (χ0v) is 12.7. The van der Waals surface area contributed by atoms with Crippen molar-refractivity contribution in [3.8, 4) is 0 Å². The molecule has 1 aromatic carbocycles. The normalized spacial score (nSPS) is 22.4. The van der Waals surface area contributed by atoms with Crippen molar-refractivity contribution in [1.82, 2.24) is 4.90 Å². The molecule has 1 atom stereocenters. The van der Waals surface area contributed by atoms with E-state index in [-0.39, 0.29) is 18.9 Å². The lowest BCUT2D eigenvalue weighted by atomic mass is 9.87. The summed E-state index contributed by atoms with van der Waals surface area (Å²) in [6, 6.07) is 6.98. The highest BCUT2D eigenvalue weighted by Crippen LogP contribution is 2.45. The Hall–Kier alpha value is -1.56. The first kappa shape index (κ1) is 16.8. The first-order chi connectivity index (χ1) is 10.2. The number of benzene rings is 1. The van der Waals surface area contributed by atoms with Crippen molar-refractivity contribution in [2.45, 2.75) is 32.4 Å². The van der Waals surface area contributed by atoms with E-state index in [2.05, 4.69) is 0 Å². The molecule has 6 heteroatoms. The standard InChI is InChI=1S/C16H20F3NO2/c1-11(2)12-5-3-4-6-13(12)14(22)20-8-7-15(9-20,10-21)16(17,18)19/h3-6,11,21H,7-10H2,1-2H3. The summed E-state index contributed by atoms with van der Waals surface area (Å²) < 4.78 is 39.5. The van der Waals surface area contributed by atoms with E-state index < -0.39 is 30.7 Å². The van der Waals surface area contributed by atoms with Gasteiger partial charge in [0.15, 0.2) is 0 Å². The van der Waals surface area contributed by atoms with Crippen LogP contribution >= 0.6 is 0 Å². The van der Waals surface area contributed by atoms with Gasteiger partial charge in [0, 0.05) is 18.7 Å². The number of aliphatic hydroxyl groups is 1. The molecular formula is C16H20F3NO2. The number of carbonyl (C=O) groups excluding carboxylic acids is 1. The Bertz CT molecular complexity index is 557. The molecule has 1 fully saturated rings. The fourth-order valence-corrected chi connectivity index (χ4v) is 2.86. The van der Waals surface area contributed by atoms with Gasteiger partial charge in [0.05, 0.1) is 6.61 Å². The minimum absolute atomic E-state index is 0.00529. The highest BCUT2D eigenvalue weighted by Gasteiger charge is 2.58. The van der Waals surface area contributed by atoms with Crippen molar-refractivity contribution in [1.29, 1.82) is 0 Å². The van der Waals surface area contributed by atoms with E-state index in [0.29, 0.717) is 5.56 Å². The van der Waals surface area contributed by atoms with Crippen molar-refractivity contribution in [3.05, 3.63) is 35.4 Å². The Morgan fingerprint density at radius 1 is 1.36 bits per heavy atom. The van der Waals surface area contributed by atoms with E-state index >= 15 is 0 Å². The van der Waals surface area contributed by atoms with E-state index in [1.165, 1.54) is 4.90 Å². The van der Waals surface area contributed by atoms with Crippen LogP contribution in [0.15, 0.2) is 24.3 Å². The maximum absolute atomic E-state index is 13.2. The van der Waals surface area contributed by atoms with Gasteiger partial charge in [-0.05, 0) is 24.0 Å². The summed E-state index contributed by atoms with van der Waals surface area (Å²) >= 11 is 0. The van der Waals surface area contributed by atoms with Crippen LogP contribution in [0.5, 0.6) is 0 Å². The molecule has 1 unspecified atom stereocenters. The SMILES string of the molecule is CC(C)c1ccccc1C(=O)N1CCC(CO)(C(F)(F)F)C1. The maximum atomic E-state index is 13.2. The van der Waals surface area contributed by atoms with Gasteiger partial charge < -0.3 is 10.0 Å². The number of rotatable bonds is 3. The van der Waals surface area contributed by atoms with Crippen LogP contribution in [0.1, 0.15) is 42.1 Å². The molecule has 1 heterocycles. The van der Waals surface area contributed by atoms with E-state index in [1.54, 1.807) is 12.1 Å². The maximum Gasteiger partial charge on any atom is 0.398 e. The average Bonchev–Trinajstić information content (AvgIpc) is 2.92. The number of alkyl halides is 3. The summed E-state index contributed by atoms with van der Waals surface area (Å²) in [5.41, 5.74) is -0.940. The van der Waals surface area contributed by atoms with E-state index in [9.17, 15) is 23.1 Å². The van der Waals surface area contributed by atoms with Gasteiger partial charge in [-0.15, -0.1) is 0 Å². The molecule has 0 radical (unpaired) electrons. The van der Waals surface area contributed by atoms with Gasteiger partial charge >= 0.3 is 6.18 Å². The van der Waals surface area contributed by atoms with Crippen molar-refractivity contribution in [3.63, 3.8) is 0 Å². The molecule has 22 heavy (non-hydrogen) atoms. The predicted molar refractivity (Wildman–Crippen MR) is 76.6 cm³/mol. The molecule has 0 spiro atoms. The van der Waals surface area contributed by atoms with E-state index in [4.69, 9.17) is 0 Å². The lowest BCUT2D eigenvalue weighted by Crippen LogP contribution is -2.44. The second kappa shape index (κ2) is 5.91. The average molecular weight is 315 g/mol. The number of nitrogens with zero attached hydrogens (tertiary/aromatic N) is 1. The van der Waals surface area contributed by atoms with Gasteiger partial charge in [-0.3, -0.25) is 4.79 Å².